The van der Waals surface area contributed by atoms with E-state index in [1.807, 2.05) is 6.07 Å². The van der Waals surface area contributed by atoms with E-state index >= 15 is 0 Å². The van der Waals surface area contributed by atoms with Crippen LogP contribution in [0, 0.1) is 0 Å². The molecule has 2 heterocycles. The summed E-state index contributed by atoms with van der Waals surface area (Å²) in [6.07, 6.45) is 1.62. The molecule has 0 fully saturated rings. The van der Waals surface area contributed by atoms with Crippen LogP contribution in [0.1, 0.15) is 5.56 Å². The Morgan fingerprint density at radius 2 is 1.77 bits per heavy atom. The van der Waals surface area contributed by atoms with Gasteiger partial charge in [-0.05, 0) is 48.0 Å². The van der Waals surface area contributed by atoms with Crippen LogP contribution >= 0.6 is 11.6 Å². The number of pyridine rings is 1. The molecule has 0 radical (unpaired) electrons. The van der Waals surface area contributed by atoms with Crippen LogP contribution in [0.25, 0.3) is 0 Å². The molecule has 11 heteroatoms. The fourth-order valence-electron chi connectivity index (χ4n) is 3.13. The number of carbonyl (C=O) groups excluding carboxylic acids is 1. The lowest BCUT2D eigenvalue weighted by Crippen LogP contribution is -2.51. The molecule has 0 amide bonds. The van der Waals surface area contributed by atoms with E-state index in [4.69, 9.17) is 16.3 Å². The minimum absolute atomic E-state index is 0.00876. The van der Waals surface area contributed by atoms with Gasteiger partial charge in [0.25, 0.3) is 0 Å². The number of hydrogen-bond donors (Lipinski definition) is 1. The molecule has 0 aliphatic heterocycles. The van der Waals surface area contributed by atoms with Crippen molar-refractivity contribution in [3.8, 4) is 11.6 Å². The average Bonchev–Trinajstić information content (AvgIpc) is 2.87. The number of aromatic amines is 1. The normalized spacial score (nSPS) is 11.3. The van der Waals surface area contributed by atoms with Gasteiger partial charge in [-0.2, -0.15) is 0 Å². The lowest BCUT2D eigenvalue weighted by molar-refractivity contribution is -0.141. The van der Waals surface area contributed by atoms with Gasteiger partial charge in [0.05, 0.1) is 19.3 Å². The van der Waals surface area contributed by atoms with Crippen molar-refractivity contribution in [2.24, 2.45) is 4.99 Å². The number of benzene rings is 2. The second-order valence-corrected chi connectivity index (χ2v) is 7.72. The number of halogens is 1. The first kappa shape index (κ1) is 23.7. The Morgan fingerprint density at radius 3 is 2.43 bits per heavy atom. The number of esters is 1. The molecule has 0 bridgehead atoms. The molecule has 1 N–H and O–H groups in total. The number of methoxy groups -OCH3 is 1. The number of rotatable bonds is 7. The predicted octanol–water partition coefficient (Wildman–Crippen LogP) is 2.63. The van der Waals surface area contributed by atoms with E-state index in [2.05, 4.69) is 19.7 Å². The molecule has 0 aliphatic carbocycles. The Bertz CT molecular complexity index is 1510. The van der Waals surface area contributed by atoms with Crippen molar-refractivity contribution < 1.29 is 14.3 Å². The molecule has 2 aromatic heterocycles. The molecule has 4 rings (SSSR count). The predicted molar refractivity (Wildman–Crippen MR) is 128 cm³/mol. The van der Waals surface area contributed by atoms with Crippen molar-refractivity contribution in [1.29, 1.82) is 0 Å². The molecule has 0 saturated carbocycles. The number of hydrogen-bond acceptors (Lipinski definition) is 7. The average molecular weight is 494 g/mol. The van der Waals surface area contributed by atoms with Crippen molar-refractivity contribution in [1.82, 2.24) is 19.1 Å². The summed E-state index contributed by atoms with van der Waals surface area (Å²) in [6.45, 7) is -0.460. The van der Waals surface area contributed by atoms with Gasteiger partial charge in [0, 0.05) is 17.3 Å². The van der Waals surface area contributed by atoms with Gasteiger partial charge in [-0.3, -0.25) is 14.3 Å². The topological polar surface area (TPSA) is 121 Å². The maximum Gasteiger partial charge on any atom is 0.335 e. The Labute approximate surface area is 203 Å². The summed E-state index contributed by atoms with van der Waals surface area (Å²) in [5, 5.41) is 0.543. The quantitative estimate of drug-likeness (QED) is 0.395. The third-order valence-corrected chi connectivity index (χ3v) is 5.13. The highest BCUT2D eigenvalue weighted by molar-refractivity contribution is 6.30. The summed E-state index contributed by atoms with van der Waals surface area (Å²) in [7, 11) is 1.17. The first-order valence-electron chi connectivity index (χ1n) is 10.4. The summed E-state index contributed by atoms with van der Waals surface area (Å²) in [6, 6.07) is 18.9. The van der Waals surface area contributed by atoms with Crippen LogP contribution in [0.5, 0.6) is 11.6 Å². The fraction of sp³-hybridized carbons (Fsp3) is 0.125. The molecular weight excluding hydrogens is 474 g/mol. The molecule has 4 aromatic rings. The summed E-state index contributed by atoms with van der Waals surface area (Å²) < 4.78 is 12.3. The van der Waals surface area contributed by atoms with Gasteiger partial charge >= 0.3 is 17.3 Å². The lowest BCUT2D eigenvalue weighted by Gasteiger charge is -2.11. The van der Waals surface area contributed by atoms with Gasteiger partial charge in [-0.1, -0.05) is 29.8 Å². The van der Waals surface area contributed by atoms with E-state index < -0.39 is 23.9 Å². The van der Waals surface area contributed by atoms with Crippen LogP contribution in [0.4, 0.5) is 5.69 Å². The minimum atomic E-state index is -0.790. The molecule has 0 atom stereocenters. The minimum Gasteiger partial charge on any atom is -0.468 e. The van der Waals surface area contributed by atoms with Gasteiger partial charge in [0.1, 0.15) is 12.3 Å². The summed E-state index contributed by atoms with van der Waals surface area (Å²) in [4.78, 5) is 48.6. The molecular formula is C24H20ClN5O5. The molecule has 2 aromatic carbocycles. The number of nitrogens with zero attached hydrogens (tertiary/aromatic N) is 4. The summed E-state index contributed by atoms with van der Waals surface area (Å²) >= 11 is 5.96. The highest BCUT2D eigenvalue weighted by Crippen LogP contribution is 2.22. The maximum atomic E-state index is 13.2. The van der Waals surface area contributed by atoms with Gasteiger partial charge in [-0.15, -0.1) is 0 Å². The Hall–Kier alpha value is -4.44. The molecule has 35 heavy (non-hydrogen) atoms. The molecule has 0 saturated heterocycles. The van der Waals surface area contributed by atoms with Crippen LogP contribution in [-0.4, -0.2) is 32.2 Å². The summed E-state index contributed by atoms with van der Waals surface area (Å²) in [5.41, 5.74) is -0.299. The van der Waals surface area contributed by atoms with Crippen LogP contribution in [0.3, 0.4) is 0 Å². The first-order valence-corrected chi connectivity index (χ1v) is 10.8. The molecule has 0 aliphatic rings. The van der Waals surface area contributed by atoms with Crippen molar-refractivity contribution in [3.05, 3.63) is 110 Å². The van der Waals surface area contributed by atoms with E-state index in [9.17, 15) is 14.4 Å². The monoisotopic (exact) mass is 493 g/mol. The number of H-pyrrole nitrogens is 1. The van der Waals surface area contributed by atoms with Crippen LogP contribution in [-0.2, 0) is 22.6 Å². The number of ether oxygens (including phenoxy) is 2. The van der Waals surface area contributed by atoms with Gasteiger partial charge in [0.2, 0.25) is 11.5 Å². The summed E-state index contributed by atoms with van der Waals surface area (Å²) in [5.74, 6) is 0.249. The largest absolute Gasteiger partial charge is 0.468 e. The molecule has 178 valence electrons. The van der Waals surface area contributed by atoms with Crippen LogP contribution in [0.2, 0.25) is 5.02 Å². The second-order valence-electron chi connectivity index (χ2n) is 7.29. The van der Waals surface area contributed by atoms with E-state index in [0.29, 0.717) is 22.3 Å². The van der Waals surface area contributed by atoms with E-state index in [1.54, 1.807) is 66.9 Å². The molecule has 0 unspecified atom stereocenters. The van der Waals surface area contributed by atoms with Crippen LogP contribution in [0.15, 0.2) is 87.5 Å². The van der Waals surface area contributed by atoms with Gasteiger partial charge in [-0.25, -0.2) is 24.1 Å². The third-order valence-electron chi connectivity index (χ3n) is 4.88. The highest BCUT2D eigenvalue weighted by Gasteiger charge is 2.13. The number of aromatic nitrogens is 4. The zero-order valence-electron chi connectivity index (χ0n) is 18.6. The molecule has 10 nitrogen and oxygen atoms in total. The van der Waals surface area contributed by atoms with Gasteiger partial charge in [0.15, 0.2) is 0 Å². The third kappa shape index (κ3) is 5.92. The van der Waals surface area contributed by atoms with Crippen molar-refractivity contribution in [2.75, 3.05) is 7.11 Å². The number of carbonyl (C=O) groups is 1. The highest BCUT2D eigenvalue weighted by atomic mass is 35.5. The van der Waals surface area contributed by atoms with E-state index in [-0.39, 0.29) is 12.2 Å². The van der Waals surface area contributed by atoms with Crippen molar-refractivity contribution in [2.45, 2.75) is 13.1 Å². The molecule has 0 spiro atoms. The Kier molecular flexibility index (Phi) is 7.22. The Balaban J connectivity index is 1.74. The standard InChI is InChI=1S/C24H20ClN5O5/c1-34-21(31)15-30-23(32)28-22(29(24(30)33)14-16-5-7-17(25)8-6-16)27-18-9-11-19(12-10-18)35-20-4-2-3-13-26-20/h2-13H,14-15H2,1H3,(H,27,28,32). The second kappa shape index (κ2) is 10.7. The smallest absolute Gasteiger partial charge is 0.335 e. The first-order chi connectivity index (χ1) is 16.9. The van der Waals surface area contributed by atoms with E-state index in [0.717, 1.165) is 10.1 Å². The van der Waals surface area contributed by atoms with Crippen molar-refractivity contribution in [3.63, 3.8) is 0 Å². The van der Waals surface area contributed by atoms with Crippen molar-refractivity contribution >= 4 is 23.3 Å². The lowest BCUT2D eigenvalue weighted by atomic mass is 10.2. The maximum absolute atomic E-state index is 13.2. The zero-order chi connectivity index (χ0) is 24.8. The Morgan fingerprint density at radius 1 is 1.03 bits per heavy atom. The van der Waals surface area contributed by atoms with Gasteiger partial charge < -0.3 is 9.47 Å². The van der Waals surface area contributed by atoms with E-state index in [1.165, 1.54) is 11.7 Å². The fourth-order valence-corrected chi connectivity index (χ4v) is 3.26. The SMILES string of the molecule is COC(=O)Cn1c(=O)[nH]/c(=N\c2ccc(Oc3ccccn3)cc2)n(Cc2ccc(Cl)cc2)c1=O. The zero-order valence-corrected chi connectivity index (χ0v) is 19.3. The number of nitrogens with one attached hydrogen (secondary N) is 1. The van der Waals surface area contributed by atoms with Crippen LogP contribution < -0.4 is 21.7 Å².